The smallest absolute Gasteiger partial charge is 0.191 e. The molecular weight excluding hydrogens is 419 g/mol. The minimum Gasteiger partial charge on any atom is -0.354 e. The van der Waals surface area contributed by atoms with Gasteiger partial charge in [-0.2, -0.15) is 0 Å². The number of nitrogens with one attached hydrogen (secondary N) is 2. The third-order valence-electron chi connectivity index (χ3n) is 4.62. The van der Waals surface area contributed by atoms with Gasteiger partial charge in [-0.25, -0.2) is 4.98 Å². The molecule has 2 N–H and O–H groups in total. The van der Waals surface area contributed by atoms with Crippen LogP contribution in [0.3, 0.4) is 0 Å². The topological polar surface area (TPSA) is 49.3 Å². The second kappa shape index (κ2) is 10.5. The minimum atomic E-state index is 0. The highest BCUT2D eigenvalue weighted by molar-refractivity contribution is 14.0. The molecule has 0 aliphatic heterocycles. The van der Waals surface area contributed by atoms with Gasteiger partial charge in [0.1, 0.15) is 0 Å². The van der Waals surface area contributed by atoms with Crippen molar-refractivity contribution in [2.75, 3.05) is 7.05 Å². The molecule has 2 rings (SSSR count). The molecular formula is C17H31IN4S. The summed E-state index contributed by atoms with van der Waals surface area (Å²) in [4.78, 5) is 8.93. The number of thiazole rings is 1. The Morgan fingerprint density at radius 1 is 1.35 bits per heavy atom. The third-order valence-corrected chi connectivity index (χ3v) is 5.66. The number of hydrogen-bond acceptors (Lipinski definition) is 3. The van der Waals surface area contributed by atoms with Gasteiger partial charge in [0.05, 0.1) is 17.2 Å². The molecule has 1 aliphatic carbocycles. The van der Waals surface area contributed by atoms with Crippen molar-refractivity contribution < 1.29 is 0 Å². The van der Waals surface area contributed by atoms with Crippen LogP contribution in [0.1, 0.15) is 57.2 Å². The van der Waals surface area contributed by atoms with E-state index < -0.39 is 0 Å². The van der Waals surface area contributed by atoms with Crippen molar-refractivity contribution in [1.29, 1.82) is 0 Å². The fourth-order valence-electron chi connectivity index (χ4n) is 3.08. The van der Waals surface area contributed by atoms with Crippen LogP contribution in [0.2, 0.25) is 0 Å². The highest BCUT2D eigenvalue weighted by Gasteiger charge is 2.23. The molecule has 1 fully saturated rings. The average Bonchev–Trinajstić information content (AvgIpc) is 3.00. The lowest BCUT2D eigenvalue weighted by atomic mass is 9.80. The molecule has 6 heteroatoms. The SMILES string of the molecule is CCc1nc(CNC(=NC)NC2CCC(C(C)C)CC2)cs1.I. The standard InChI is InChI=1S/C17H30N4S.HI/c1-5-16-20-15(11-22-16)10-19-17(18-4)21-14-8-6-13(7-9-14)12(2)3;/h11-14H,5-10H2,1-4H3,(H2,18,19,21);1H. The monoisotopic (exact) mass is 450 g/mol. The van der Waals surface area contributed by atoms with Crippen molar-refractivity contribution in [3.05, 3.63) is 16.1 Å². The second-order valence-corrected chi connectivity index (χ2v) is 7.45. The zero-order chi connectivity index (χ0) is 15.9. The maximum absolute atomic E-state index is 4.58. The Bertz CT molecular complexity index is 479. The number of hydrogen-bond donors (Lipinski definition) is 2. The number of rotatable bonds is 5. The zero-order valence-electron chi connectivity index (χ0n) is 14.8. The summed E-state index contributed by atoms with van der Waals surface area (Å²) in [6, 6.07) is 0.558. The van der Waals surface area contributed by atoms with Crippen LogP contribution in [0.25, 0.3) is 0 Å². The third kappa shape index (κ3) is 6.57. The van der Waals surface area contributed by atoms with E-state index in [0.717, 1.165) is 36.5 Å². The van der Waals surface area contributed by atoms with E-state index >= 15 is 0 Å². The van der Waals surface area contributed by atoms with E-state index in [0.29, 0.717) is 6.04 Å². The van der Waals surface area contributed by atoms with E-state index in [1.807, 2.05) is 7.05 Å². The molecule has 1 heterocycles. The van der Waals surface area contributed by atoms with Crippen LogP contribution in [0.4, 0.5) is 0 Å². The molecule has 0 saturated heterocycles. The van der Waals surface area contributed by atoms with Gasteiger partial charge < -0.3 is 10.6 Å². The lowest BCUT2D eigenvalue weighted by Crippen LogP contribution is -2.44. The van der Waals surface area contributed by atoms with Crippen molar-refractivity contribution in [2.24, 2.45) is 16.8 Å². The van der Waals surface area contributed by atoms with Crippen molar-refractivity contribution in [2.45, 2.75) is 65.5 Å². The molecule has 0 atom stereocenters. The molecule has 1 saturated carbocycles. The summed E-state index contributed by atoms with van der Waals surface area (Å²) in [5.74, 6) is 2.62. The summed E-state index contributed by atoms with van der Waals surface area (Å²) in [6.45, 7) is 7.58. The summed E-state index contributed by atoms with van der Waals surface area (Å²) in [5, 5.41) is 10.3. The van der Waals surface area contributed by atoms with Gasteiger partial charge in [-0.3, -0.25) is 4.99 Å². The van der Waals surface area contributed by atoms with Crippen molar-refractivity contribution in [3.8, 4) is 0 Å². The van der Waals surface area contributed by atoms with Gasteiger partial charge in [0, 0.05) is 18.5 Å². The van der Waals surface area contributed by atoms with Crippen LogP contribution in [0.15, 0.2) is 10.4 Å². The number of aryl methyl sites for hydroxylation is 1. The summed E-state index contributed by atoms with van der Waals surface area (Å²) in [6.07, 6.45) is 6.17. The van der Waals surface area contributed by atoms with Crippen LogP contribution in [-0.4, -0.2) is 24.0 Å². The molecule has 1 aliphatic rings. The molecule has 0 radical (unpaired) electrons. The largest absolute Gasteiger partial charge is 0.354 e. The van der Waals surface area contributed by atoms with Crippen molar-refractivity contribution in [1.82, 2.24) is 15.6 Å². The first kappa shape index (κ1) is 20.7. The number of nitrogens with zero attached hydrogens (tertiary/aromatic N) is 2. The first-order valence-corrected chi connectivity index (χ1v) is 9.40. The van der Waals surface area contributed by atoms with Gasteiger partial charge >= 0.3 is 0 Å². The number of aromatic nitrogens is 1. The molecule has 0 amide bonds. The van der Waals surface area contributed by atoms with E-state index in [-0.39, 0.29) is 24.0 Å². The number of guanidine groups is 1. The Kier molecular flexibility index (Phi) is 9.43. The summed E-state index contributed by atoms with van der Waals surface area (Å²) in [7, 11) is 1.84. The van der Waals surface area contributed by atoms with Gasteiger partial charge in [-0.05, 0) is 43.9 Å². The van der Waals surface area contributed by atoms with Gasteiger partial charge in [-0.1, -0.05) is 20.8 Å². The Morgan fingerprint density at radius 2 is 2.04 bits per heavy atom. The van der Waals surface area contributed by atoms with E-state index in [4.69, 9.17) is 0 Å². The van der Waals surface area contributed by atoms with Crippen LogP contribution >= 0.6 is 35.3 Å². The van der Waals surface area contributed by atoms with Crippen LogP contribution < -0.4 is 10.6 Å². The predicted octanol–water partition coefficient (Wildman–Crippen LogP) is 4.20. The normalized spacial score (nSPS) is 21.9. The lowest BCUT2D eigenvalue weighted by molar-refractivity contribution is 0.250. The Balaban J connectivity index is 0.00000264. The average molecular weight is 450 g/mol. The quantitative estimate of drug-likeness (QED) is 0.402. The Labute approximate surface area is 162 Å². The molecule has 1 aromatic heterocycles. The van der Waals surface area contributed by atoms with E-state index in [1.54, 1.807) is 11.3 Å². The molecule has 0 unspecified atom stereocenters. The zero-order valence-corrected chi connectivity index (χ0v) is 17.9. The van der Waals surface area contributed by atoms with Gasteiger partial charge in [0.15, 0.2) is 5.96 Å². The molecule has 0 spiro atoms. The van der Waals surface area contributed by atoms with Crippen molar-refractivity contribution in [3.63, 3.8) is 0 Å². The Hall–Kier alpha value is -0.370. The molecule has 1 aromatic rings. The highest BCUT2D eigenvalue weighted by atomic mass is 127. The first-order chi connectivity index (χ1) is 10.6. The van der Waals surface area contributed by atoms with Crippen LogP contribution in [0, 0.1) is 11.8 Å². The Morgan fingerprint density at radius 3 is 2.57 bits per heavy atom. The van der Waals surface area contributed by atoms with E-state index in [9.17, 15) is 0 Å². The van der Waals surface area contributed by atoms with Gasteiger partial charge in [-0.15, -0.1) is 35.3 Å². The fraction of sp³-hybridized carbons (Fsp3) is 0.765. The van der Waals surface area contributed by atoms with Crippen LogP contribution in [0.5, 0.6) is 0 Å². The maximum atomic E-state index is 4.58. The van der Waals surface area contributed by atoms with E-state index in [2.05, 4.69) is 46.8 Å². The van der Waals surface area contributed by atoms with Gasteiger partial charge in [0.25, 0.3) is 0 Å². The van der Waals surface area contributed by atoms with Crippen molar-refractivity contribution >= 4 is 41.3 Å². The summed E-state index contributed by atoms with van der Waals surface area (Å²) >= 11 is 1.74. The lowest BCUT2D eigenvalue weighted by Gasteiger charge is -2.32. The number of aliphatic imine (C=N–C) groups is 1. The molecule has 4 nitrogen and oxygen atoms in total. The maximum Gasteiger partial charge on any atom is 0.191 e. The molecule has 0 bridgehead atoms. The molecule has 132 valence electrons. The minimum absolute atomic E-state index is 0. The molecule has 0 aromatic carbocycles. The van der Waals surface area contributed by atoms with Crippen LogP contribution in [-0.2, 0) is 13.0 Å². The van der Waals surface area contributed by atoms with Gasteiger partial charge in [0.2, 0.25) is 0 Å². The highest BCUT2D eigenvalue weighted by Crippen LogP contribution is 2.29. The van der Waals surface area contributed by atoms with E-state index in [1.165, 1.54) is 30.7 Å². The fourth-order valence-corrected chi connectivity index (χ4v) is 3.83. The number of halogens is 1. The predicted molar refractivity (Wildman–Crippen MR) is 111 cm³/mol. The second-order valence-electron chi connectivity index (χ2n) is 6.51. The molecule has 23 heavy (non-hydrogen) atoms. The first-order valence-electron chi connectivity index (χ1n) is 8.52. The summed E-state index contributed by atoms with van der Waals surface area (Å²) < 4.78 is 0. The summed E-state index contributed by atoms with van der Waals surface area (Å²) in [5.41, 5.74) is 1.10.